The first-order chi connectivity index (χ1) is 17.3. The Kier molecular flexibility index (Phi) is 6.42. The summed E-state index contributed by atoms with van der Waals surface area (Å²) in [6, 6.07) is 6.80. The van der Waals surface area contributed by atoms with Crippen LogP contribution >= 0.6 is 0 Å². The zero-order chi connectivity index (χ0) is 25.6. The molecule has 9 heteroatoms. The number of aromatic amines is 1. The Labute approximate surface area is 211 Å². The number of amides is 1. The van der Waals surface area contributed by atoms with Gasteiger partial charge in [-0.2, -0.15) is 0 Å². The lowest BCUT2D eigenvalue weighted by Crippen LogP contribution is -2.40. The van der Waals surface area contributed by atoms with E-state index in [1.165, 1.54) is 27.5 Å². The number of ether oxygens (including phenoxy) is 1. The van der Waals surface area contributed by atoms with Gasteiger partial charge in [0.1, 0.15) is 12.0 Å². The molecule has 0 atom stereocenters. The van der Waals surface area contributed by atoms with Crippen molar-refractivity contribution >= 4 is 22.5 Å². The van der Waals surface area contributed by atoms with Gasteiger partial charge in [-0.3, -0.25) is 9.69 Å². The van der Waals surface area contributed by atoms with Crippen molar-refractivity contribution in [3.8, 4) is 17.1 Å². The van der Waals surface area contributed by atoms with Crippen LogP contribution in [0, 0.1) is 6.92 Å². The van der Waals surface area contributed by atoms with Crippen LogP contribution in [0.2, 0.25) is 0 Å². The molecular weight excluding hydrogens is 454 g/mol. The van der Waals surface area contributed by atoms with Crippen molar-refractivity contribution in [3.63, 3.8) is 0 Å². The number of nitrogens with one attached hydrogen (secondary N) is 1. The van der Waals surface area contributed by atoms with Crippen molar-refractivity contribution in [1.29, 1.82) is 0 Å². The number of methoxy groups -OCH3 is 1. The van der Waals surface area contributed by atoms with Gasteiger partial charge in [0.05, 0.1) is 19.3 Å². The Hall–Kier alpha value is -3.46. The van der Waals surface area contributed by atoms with E-state index in [0.29, 0.717) is 29.8 Å². The lowest BCUT2D eigenvalue weighted by Gasteiger charge is -2.32. The first-order valence-electron chi connectivity index (χ1n) is 12.6. The van der Waals surface area contributed by atoms with Crippen LogP contribution < -0.4 is 4.74 Å². The normalized spacial score (nSPS) is 15.3. The maximum absolute atomic E-state index is 12.1. The first-order valence-corrected chi connectivity index (χ1v) is 12.6. The fraction of sp³-hybridized carbons (Fsp3) is 0.481. The molecule has 1 N–H and O–H groups in total. The lowest BCUT2D eigenvalue weighted by atomic mass is 9.87. The van der Waals surface area contributed by atoms with Crippen LogP contribution in [0.15, 0.2) is 24.5 Å². The van der Waals surface area contributed by atoms with E-state index >= 15 is 0 Å². The molecular formula is C27H35N7O2. The maximum atomic E-state index is 12.1. The summed E-state index contributed by atoms with van der Waals surface area (Å²) in [7, 11) is 5.29. The van der Waals surface area contributed by atoms with Crippen molar-refractivity contribution in [2.24, 2.45) is 0 Å². The van der Waals surface area contributed by atoms with Crippen molar-refractivity contribution in [2.45, 2.75) is 45.4 Å². The van der Waals surface area contributed by atoms with Gasteiger partial charge in [0, 0.05) is 30.6 Å². The largest absolute Gasteiger partial charge is 0.492 e. The van der Waals surface area contributed by atoms with E-state index < -0.39 is 0 Å². The van der Waals surface area contributed by atoms with Crippen LogP contribution in [-0.2, 0) is 4.79 Å². The molecule has 0 unspecified atom stereocenters. The molecule has 1 amide bonds. The van der Waals surface area contributed by atoms with E-state index in [0.717, 1.165) is 48.4 Å². The highest BCUT2D eigenvalue weighted by Crippen LogP contribution is 2.40. The third-order valence-corrected chi connectivity index (χ3v) is 7.42. The molecule has 3 aromatic heterocycles. The van der Waals surface area contributed by atoms with Crippen molar-refractivity contribution < 1.29 is 9.53 Å². The Balaban J connectivity index is 1.50. The van der Waals surface area contributed by atoms with Crippen LogP contribution in [0.4, 0.5) is 0 Å². The molecule has 36 heavy (non-hydrogen) atoms. The summed E-state index contributed by atoms with van der Waals surface area (Å²) in [5.41, 5.74) is 7.09. The number of H-pyrrole nitrogens is 1. The molecule has 0 radical (unpaired) electrons. The predicted molar refractivity (Wildman–Crippen MR) is 141 cm³/mol. The van der Waals surface area contributed by atoms with Gasteiger partial charge >= 0.3 is 0 Å². The Morgan fingerprint density at radius 1 is 1.25 bits per heavy atom. The number of carbonyl (C=O) groups excluding carboxylic acids is 1. The molecule has 190 valence electrons. The quantitative estimate of drug-likeness (QED) is 0.441. The number of hydrogen-bond donors (Lipinski definition) is 1. The average molecular weight is 490 g/mol. The minimum atomic E-state index is 0.168. The number of fused-ring (bicyclic) bond motifs is 2. The Morgan fingerprint density at radius 2 is 2.00 bits per heavy atom. The molecule has 1 aliphatic heterocycles. The highest BCUT2D eigenvalue weighted by Gasteiger charge is 2.26. The number of hydrogen-bond acceptors (Lipinski definition) is 6. The van der Waals surface area contributed by atoms with Gasteiger partial charge in [0.15, 0.2) is 5.75 Å². The maximum Gasteiger partial charge on any atom is 0.236 e. The summed E-state index contributed by atoms with van der Waals surface area (Å²) in [6.45, 7) is 8.85. The molecule has 5 rings (SSSR count). The minimum Gasteiger partial charge on any atom is -0.492 e. The van der Waals surface area contributed by atoms with E-state index in [-0.39, 0.29) is 5.91 Å². The monoisotopic (exact) mass is 489 g/mol. The SMILES string of the molecule is COc1c(C)c(-c2[nH]c3ccc(C4CCN(CC(=O)N(C)C)CC4)cc3c2C(C)C)nn2ncnc12. The zero-order valence-corrected chi connectivity index (χ0v) is 22.0. The van der Waals surface area contributed by atoms with Gasteiger partial charge in [0.25, 0.3) is 0 Å². The molecule has 4 aromatic rings. The molecule has 0 aliphatic carbocycles. The van der Waals surface area contributed by atoms with Crippen molar-refractivity contribution in [1.82, 2.24) is 34.6 Å². The fourth-order valence-electron chi connectivity index (χ4n) is 5.41. The zero-order valence-electron chi connectivity index (χ0n) is 22.0. The van der Waals surface area contributed by atoms with Gasteiger partial charge < -0.3 is 14.6 Å². The highest BCUT2D eigenvalue weighted by molar-refractivity contribution is 5.92. The van der Waals surface area contributed by atoms with Crippen molar-refractivity contribution in [2.75, 3.05) is 40.8 Å². The number of nitrogens with zero attached hydrogens (tertiary/aromatic N) is 6. The summed E-state index contributed by atoms with van der Waals surface area (Å²) < 4.78 is 7.23. The topological polar surface area (TPSA) is 91.7 Å². The van der Waals surface area contributed by atoms with Crippen LogP contribution in [0.3, 0.4) is 0 Å². The van der Waals surface area contributed by atoms with Gasteiger partial charge in [-0.1, -0.05) is 19.9 Å². The molecule has 0 spiro atoms. The molecule has 1 aromatic carbocycles. The number of rotatable bonds is 6. The summed E-state index contributed by atoms with van der Waals surface area (Å²) in [4.78, 5) is 24.0. The molecule has 9 nitrogen and oxygen atoms in total. The second-order valence-corrected chi connectivity index (χ2v) is 10.3. The van der Waals surface area contributed by atoms with Gasteiger partial charge in [-0.05, 0) is 68.0 Å². The standard InChI is InChI=1S/C27H35N7O2/c1-16(2)23-20-13-19(18-9-11-33(12-10-18)14-22(35)32(4)5)7-8-21(20)30-25(23)24-17(3)26(36-6)27-28-15-29-34(27)31-24/h7-8,13,15-16,18,30H,9-12,14H2,1-6H3. The van der Waals surface area contributed by atoms with Gasteiger partial charge in [0.2, 0.25) is 11.6 Å². The minimum absolute atomic E-state index is 0.168. The third-order valence-electron chi connectivity index (χ3n) is 7.42. The third kappa shape index (κ3) is 4.21. The van der Waals surface area contributed by atoms with E-state index in [1.807, 2.05) is 21.0 Å². The summed E-state index contributed by atoms with van der Waals surface area (Å²) in [5, 5.41) is 10.3. The number of likely N-dealkylation sites (tertiary alicyclic amines) is 1. The highest BCUT2D eigenvalue weighted by atomic mass is 16.5. The van der Waals surface area contributed by atoms with E-state index in [2.05, 4.69) is 52.0 Å². The van der Waals surface area contributed by atoms with Crippen LogP contribution in [0.5, 0.6) is 5.75 Å². The molecule has 0 bridgehead atoms. The van der Waals surface area contributed by atoms with Gasteiger partial charge in [-0.15, -0.1) is 14.8 Å². The lowest BCUT2D eigenvalue weighted by molar-refractivity contribution is -0.130. The van der Waals surface area contributed by atoms with Gasteiger partial charge in [-0.25, -0.2) is 4.98 Å². The average Bonchev–Trinajstić information content (AvgIpc) is 3.48. The molecule has 1 fully saturated rings. The Morgan fingerprint density at radius 3 is 2.67 bits per heavy atom. The summed E-state index contributed by atoms with van der Waals surface area (Å²) >= 11 is 0. The number of likely N-dealkylation sites (N-methyl/N-ethyl adjacent to an activating group) is 1. The second kappa shape index (κ2) is 9.54. The summed E-state index contributed by atoms with van der Waals surface area (Å²) in [6.07, 6.45) is 3.61. The number of piperidine rings is 1. The van der Waals surface area contributed by atoms with Crippen LogP contribution in [0.25, 0.3) is 27.9 Å². The van der Waals surface area contributed by atoms with E-state index in [1.54, 1.807) is 12.0 Å². The first kappa shape index (κ1) is 24.2. The van der Waals surface area contributed by atoms with E-state index in [4.69, 9.17) is 9.84 Å². The molecule has 0 saturated carbocycles. The molecule has 1 aliphatic rings. The van der Waals surface area contributed by atoms with Crippen LogP contribution in [-0.4, -0.2) is 81.3 Å². The smallest absolute Gasteiger partial charge is 0.236 e. The second-order valence-electron chi connectivity index (χ2n) is 10.3. The van der Waals surface area contributed by atoms with Crippen LogP contribution in [0.1, 0.15) is 55.2 Å². The predicted octanol–water partition coefficient (Wildman–Crippen LogP) is 3.98. The van der Waals surface area contributed by atoms with Crippen molar-refractivity contribution in [3.05, 3.63) is 41.2 Å². The number of carbonyl (C=O) groups is 1. The molecule has 4 heterocycles. The number of benzene rings is 1. The number of aromatic nitrogens is 5. The fourth-order valence-corrected chi connectivity index (χ4v) is 5.41. The Bertz CT molecular complexity index is 1410. The van der Waals surface area contributed by atoms with E-state index in [9.17, 15) is 4.79 Å². The molecule has 1 saturated heterocycles. The summed E-state index contributed by atoms with van der Waals surface area (Å²) in [5.74, 6) is 1.64.